The van der Waals surface area contributed by atoms with Gasteiger partial charge < -0.3 is 10.5 Å². The number of halogens is 1. The minimum atomic E-state index is -0.644. The molecule has 2 N–H and O–H groups in total. The van der Waals surface area contributed by atoms with Gasteiger partial charge in [0.1, 0.15) is 16.6 Å². The molecular formula is C11H6BrN5O3. The first-order valence-electron chi connectivity index (χ1n) is 5.15. The van der Waals surface area contributed by atoms with Gasteiger partial charge in [-0.05, 0) is 28.1 Å². The monoisotopic (exact) mass is 335 g/mol. The molecular weight excluding hydrogens is 330 g/mol. The SMILES string of the molecule is N#Cc1ccc(Oc2ncnc(N)c2Br)c([N+](=O)[O-])c1. The molecule has 2 aromatic rings. The number of ether oxygens (including phenoxy) is 1. The van der Waals surface area contributed by atoms with Crippen LogP contribution in [-0.2, 0) is 0 Å². The van der Waals surface area contributed by atoms with Crippen molar-refractivity contribution in [1.82, 2.24) is 9.97 Å². The lowest BCUT2D eigenvalue weighted by molar-refractivity contribution is -0.385. The molecule has 0 aliphatic carbocycles. The Labute approximate surface area is 121 Å². The summed E-state index contributed by atoms with van der Waals surface area (Å²) in [5, 5.41) is 19.7. The van der Waals surface area contributed by atoms with E-state index in [9.17, 15) is 10.1 Å². The third-order valence-electron chi connectivity index (χ3n) is 2.28. The Morgan fingerprint density at radius 3 is 2.85 bits per heavy atom. The zero-order valence-corrected chi connectivity index (χ0v) is 11.4. The molecule has 20 heavy (non-hydrogen) atoms. The molecule has 0 amide bonds. The number of nitro benzene ring substituents is 1. The fraction of sp³-hybridized carbons (Fsp3) is 0. The number of hydrogen-bond donors (Lipinski definition) is 1. The molecule has 0 radical (unpaired) electrons. The van der Waals surface area contributed by atoms with Crippen LogP contribution in [0.1, 0.15) is 5.56 Å². The Hall–Kier alpha value is -2.73. The predicted octanol–water partition coefficient (Wildman–Crippen LogP) is 2.39. The summed E-state index contributed by atoms with van der Waals surface area (Å²) < 4.78 is 5.64. The van der Waals surface area contributed by atoms with E-state index >= 15 is 0 Å². The molecule has 100 valence electrons. The van der Waals surface area contributed by atoms with E-state index in [0.717, 1.165) is 6.07 Å². The van der Waals surface area contributed by atoms with Gasteiger partial charge in [0, 0.05) is 6.07 Å². The standard InChI is InChI=1S/C11H6BrN5O3/c12-9-10(14)15-5-16-11(9)20-8-2-1-6(4-13)3-7(8)17(18)19/h1-3,5H,(H2,14,15,16). The molecule has 8 nitrogen and oxygen atoms in total. The molecule has 0 atom stereocenters. The summed E-state index contributed by atoms with van der Waals surface area (Å²) in [5.74, 6) is 0.143. The van der Waals surface area contributed by atoms with Crippen LogP contribution in [0.4, 0.5) is 11.5 Å². The van der Waals surface area contributed by atoms with E-state index in [1.807, 2.05) is 6.07 Å². The van der Waals surface area contributed by atoms with Crippen LogP contribution < -0.4 is 10.5 Å². The van der Waals surface area contributed by atoms with Crippen LogP contribution in [-0.4, -0.2) is 14.9 Å². The minimum Gasteiger partial charge on any atom is -0.430 e. The van der Waals surface area contributed by atoms with Crippen LogP contribution in [0.3, 0.4) is 0 Å². The van der Waals surface area contributed by atoms with E-state index in [0.29, 0.717) is 4.47 Å². The third-order valence-corrected chi connectivity index (χ3v) is 3.02. The lowest BCUT2D eigenvalue weighted by Gasteiger charge is -2.07. The third kappa shape index (κ3) is 2.65. The number of rotatable bonds is 3. The number of nitrogens with two attached hydrogens (primary N) is 1. The van der Waals surface area contributed by atoms with Crippen molar-refractivity contribution in [3.8, 4) is 17.7 Å². The van der Waals surface area contributed by atoms with E-state index < -0.39 is 4.92 Å². The second-order valence-corrected chi connectivity index (χ2v) is 4.32. The number of nitrogen functional groups attached to an aromatic ring is 1. The molecule has 1 heterocycles. The first kappa shape index (κ1) is 13.7. The summed E-state index contributed by atoms with van der Waals surface area (Å²) in [4.78, 5) is 17.9. The highest BCUT2D eigenvalue weighted by molar-refractivity contribution is 9.10. The zero-order valence-electron chi connectivity index (χ0n) is 9.78. The maximum absolute atomic E-state index is 11.0. The van der Waals surface area contributed by atoms with Crippen LogP contribution in [0.5, 0.6) is 11.6 Å². The van der Waals surface area contributed by atoms with Gasteiger partial charge in [0.25, 0.3) is 0 Å². The Bertz CT molecular complexity index is 728. The molecule has 0 aliphatic rings. The van der Waals surface area contributed by atoms with Gasteiger partial charge in [-0.1, -0.05) is 0 Å². The average Bonchev–Trinajstić information content (AvgIpc) is 2.44. The van der Waals surface area contributed by atoms with Gasteiger partial charge in [0.15, 0.2) is 0 Å². The summed E-state index contributed by atoms with van der Waals surface area (Å²) in [6.45, 7) is 0. The Morgan fingerprint density at radius 2 is 2.20 bits per heavy atom. The van der Waals surface area contributed by atoms with Gasteiger partial charge in [-0.3, -0.25) is 10.1 Å². The first-order valence-corrected chi connectivity index (χ1v) is 5.94. The summed E-state index contributed by atoms with van der Waals surface area (Å²) in [6.07, 6.45) is 1.17. The maximum atomic E-state index is 11.0. The van der Waals surface area contributed by atoms with Crippen molar-refractivity contribution in [2.45, 2.75) is 0 Å². The fourth-order valence-corrected chi connectivity index (χ4v) is 1.64. The molecule has 0 unspecified atom stereocenters. The largest absolute Gasteiger partial charge is 0.430 e. The van der Waals surface area contributed by atoms with Crippen molar-refractivity contribution in [3.63, 3.8) is 0 Å². The van der Waals surface area contributed by atoms with Gasteiger partial charge in [-0.2, -0.15) is 5.26 Å². The maximum Gasteiger partial charge on any atom is 0.312 e. The van der Waals surface area contributed by atoms with Crippen LogP contribution in [0.2, 0.25) is 0 Å². The lowest BCUT2D eigenvalue weighted by atomic mass is 10.2. The van der Waals surface area contributed by atoms with Gasteiger partial charge in [0.2, 0.25) is 11.6 Å². The normalized spacial score (nSPS) is 9.80. The van der Waals surface area contributed by atoms with Gasteiger partial charge >= 0.3 is 5.69 Å². The molecule has 1 aromatic carbocycles. The summed E-state index contributed by atoms with van der Waals surface area (Å²) in [6, 6.07) is 5.66. The minimum absolute atomic E-state index is 0.0466. The number of anilines is 1. The van der Waals surface area contributed by atoms with Gasteiger partial charge in [0.05, 0.1) is 16.6 Å². The fourth-order valence-electron chi connectivity index (χ4n) is 1.36. The van der Waals surface area contributed by atoms with Gasteiger partial charge in [-0.15, -0.1) is 0 Å². The molecule has 0 fully saturated rings. The average molecular weight is 336 g/mol. The number of benzene rings is 1. The first-order chi connectivity index (χ1) is 9.52. The van der Waals surface area contributed by atoms with E-state index in [4.69, 9.17) is 15.7 Å². The number of nitro groups is 1. The van der Waals surface area contributed by atoms with Crippen LogP contribution in [0.15, 0.2) is 29.0 Å². The summed E-state index contributed by atoms with van der Waals surface area (Å²) >= 11 is 3.13. The summed E-state index contributed by atoms with van der Waals surface area (Å²) in [7, 11) is 0. The van der Waals surface area contributed by atoms with Crippen LogP contribution in [0, 0.1) is 21.4 Å². The van der Waals surface area contributed by atoms with Crippen molar-refractivity contribution >= 4 is 27.4 Å². The lowest BCUT2D eigenvalue weighted by Crippen LogP contribution is -1.99. The molecule has 0 bridgehead atoms. The molecule has 0 spiro atoms. The molecule has 0 saturated heterocycles. The number of nitrogens with zero attached hydrogens (tertiary/aromatic N) is 4. The highest BCUT2D eigenvalue weighted by atomic mass is 79.9. The topological polar surface area (TPSA) is 128 Å². The van der Waals surface area contributed by atoms with Gasteiger partial charge in [-0.25, -0.2) is 9.97 Å². The number of nitriles is 1. The van der Waals surface area contributed by atoms with Crippen LogP contribution >= 0.6 is 15.9 Å². The number of hydrogen-bond acceptors (Lipinski definition) is 7. The molecule has 1 aromatic heterocycles. The van der Waals surface area contributed by atoms with Crippen molar-refractivity contribution in [2.75, 3.05) is 5.73 Å². The predicted molar refractivity (Wildman–Crippen MR) is 72.0 cm³/mol. The molecule has 2 rings (SSSR count). The van der Waals surface area contributed by atoms with Crippen molar-refractivity contribution in [2.24, 2.45) is 0 Å². The zero-order chi connectivity index (χ0) is 14.7. The quantitative estimate of drug-likeness (QED) is 0.673. The Balaban J connectivity index is 2.46. The van der Waals surface area contributed by atoms with Crippen molar-refractivity contribution in [3.05, 3.63) is 44.7 Å². The summed E-state index contributed by atoms with van der Waals surface area (Å²) in [5.41, 5.74) is 5.38. The van der Waals surface area contributed by atoms with E-state index in [1.165, 1.54) is 18.5 Å². The highest BCUT2D eigenvalue weighted by Crippen LogP contribution is 2.35. The van der Waals surface area contributed by atoms with E-state index in [-0.39, 0.29) is 28.7 Å². The second-order valence-electron chi connectivity index (χ2n) is 3.53. The smallest absolute Gasteiger partial charge is 0.312 e. The molecule has 0 aliphatic heterocycles. The molecule has 0 saturated carbocycles. The Kier molecular flexibility index (Phi) is 3.76. The second kappa shape index (κ2) is 5.50. The van der Waals surface area contributed by atoms with E-state index in [2.05, 4.69) is 25.9 Å². The van der Waals surface area contributed by atoms with Crippen molar-refractivity contribution < 1.29 is 9.66 Å². The van der Waals surface area contributed by atoms with E-state index in [1.54, 1.807) is 0 Å². The molecule has 9 heteroatoms. The number of aromatic nitrogens is 2. The van der Waals surface area contributed by atoms with Crippen LogP contribution in [0.25, 0.3) is 0 Å². The highest BCUT2D eigenvalue weighted by Gasteiger charge is 2.19. The van der Waals surface area contributed by atoms with Crippen molar-refractivity contribution in [1.29, 1.82) is 5.26 Å². The Morgan fingerprint density at radius 1 is 1.45 bits per heavy atom.